The van der Waals surface area contributed by atoms with E-state index in [0.717, 1.165) is 19.5 Å². The highest BCUT2D eigenvalue weighted by atomic mass is 35.5. The highest BCUT2D eigenvalue weighted by molar-refractivity contribution is 6.31. The number of piperidine rings is 1. The van der Waals surface area contributed by atoms with E-state index in [1.165, 1.54) is 4.57 Å². The van der Waals surface area contributed by atoms with Crippen molar-refractivity contribution < 1.29 is 9.21 Å². The molecule has 1 aromatic carbocycles. The van der Waals surface area contributed by atoms with Crippen LogP contribution in [0.5, 0.6) is 0 Å². The van der Waals surface area contributed by atoms with Crippen molar-refractivity contribution in [3.05, 3.63) is 33.8 Å². The summed E-state index contributed by atoms with van der Waals surface area (Å²) in [5.41, 5.74) is 1.01. The van der Waals surface area contributed by atoms with E-state index in [-0.39, 0.29) is 12.5 Å². The van der Waals surface area contributed by atoms with Crippen molar-refractivity contribution >= 4 is 28.6 Å². The van der Waals surface area contributed by atoms with Crippen molar-refractivity contribution in [3.63, 3.8) is 0 Å². The van der Waals surface area contributed by atoms with E-state index in [9.17, 15) is 9.59 Å². The van der Waals surface area contributed by atoms with Gasteiger partial charge in [-0.1, -0.05) is 25.4 Å². The molecule has 1 amide bonds. The van der Waals surface area contributed by atoms with Crippen LogP contribution in [0.3, 0.4) is 0 Å². The van der Waals surface area contributed by atoms with Gasteiger partial charge in [0.25, 0.3) is 0 Å². The first-order valence-corrected chi connectivity index (χ1v) is 7.88. The lowest BCUT2D eigenvalue weighted by Crippen LogP contribution is -2.44. The molecule has 5 nitrogen and oxygen atoms in total. The number of fused-ring (bicyclic) bond motifs is 1. The van der Waals surface area contributed by atoms with E-state index in [1.807, 2.05) is 4.90 Å². The second-order valence-corrected chi connectivity index (χ2v) is 6.75. The Morgan fingerprint density at radius 2 is 2.00 bits per heavy atom. The number of aromatic nitrogens is 1. The van der Waals surface area contributed by atoms with Gasteiger partial charge in [-0.05, 0) is 30.4 Å². The molecule has 3 rings (SSSR count). The van der Waals surface area contributed by atoms with Gasteiger partial charge < -0.3 is 9.32 Å². The average Bonchev–Trinajstić information content (AvgIpc) is 2.73. The quantitative estimate of drug-likeness (QED) is 0.854. The smallest absolute Gasteiger partial charge is 0.408 e. The number of benzene rings is 1. The number of carbonyl (C=O) groups is 1. The van der Waals surface area contributed by atoms with E-state index in [2.05, 4.69) is 13.8 Å². The predicted octanol–water partition coefficient (Wildman–Crippen LogP) is 2.75. The zero-order valence-corrected chi connectivity index (χ0v) is 13.5. The van der Waals surface area contributed by atoms with Gasteiger partial charge in [0.2, 0.25) is 5.91 Å². The minimum Gasteiger partial charge on any atom is -0.408 e. The SMILES string of the molecule is C[C@@H]1C[C@H](C)CN(C(=O)Cn2c(=O)oc3cc(Cl)ccc32)C1. The first kappa shape index (κ1) is 15.2. The minimum atomic E-state index is -0.524. The van der Waals surface area contributed by atoms with Crippen LogP contribution in [0.25, 0.3) is 11.1 Å². The van der Waals surface area contributed by atoms with Gasteiger partial charge in [0.15, 0.2) is 5.58 Å². The molecule has 118 valence electrons. The molecule has 2 atom stereocenters. The molecule has 0 bridgehead atoms. The topological polar surface area (TPSA) is 55.5 Å². The summed E-state index contributed by atoms with van der Waals surface area (Å²) in [7, 11) is 0. The summed E-state index contributed by atoms with van der Waals surface area (Å²) in [6.45, 7) is 5.81. The van der Waals surface area contributed by atoms with Crippen LogP contribution >= 0.6 is 11.6 Å². The fraction of sp³-hybridized carbons (Fsp3) is 0.500. The molecule has 0 aliphatic carbocycles. The molecule has 0 spiro atoms. The fourth-order valence-electron chi connectivity index (χ4n) is 3.29. The van der Waals surface area contributed by atoms with Crippen molar-refractivity contribution in [1.82, 2.24) is 9.47 Å². The van der Waals surface area contributed by atoms with Crippen molar-refractivity contribution in [1.29, 1.82) is 0 Å². The van der Waals surface area contributed by atoms with Gasteiger partial charge in [0.05, 0.1) is 5.52 Å². The molecule has 1 fully saturated rings. The van der Waals surface area contributed by atoms with Crippen molar-refractivity contribution in [2.24, 2.45) is 11.8 Å². The van der Waals surface area contributed by atoms with Crippen LogP contribution in [0.2, 0.25) is 5.02 Å². The molecule has 0 unspecified atom stereocenters. The van der Waals surface area contributed by atoms with Crippen molar-refractivity contribution in [2.45, 2.75) is 26.8 Å². The first-order valence-electron chi connectivity index (χ1n) is 7.50. The lowest BCUT2D eigenvalue weighted by Gasteiger charge is -2.35. The monoisotopic (exact) mass is 322 g/mol. The number of oxazole rings is 1. The third kappa shape index (κ3) is 2.90. The second-order valence-electron chi connectivity index (χ2n) is 6.31. The zero-order valence-electron chi connectivity index (χ0n) is 12.7. The van der Waals surface area contributed by atoms with Crippen molar-refractivity contribution in [2.75, 3.05) is 13.1 Å². The first-order chi connectivity index (χ1) is 10.4. The molecule has 1 saturated heterocycles. The summed E-state index contributed by atoms with van der Waals surface area (Å²) in [5.74, 6) is 0.413. The van der Waals surface area contributed by atoms with Crippen LogP contribution in [0.1, 0.15) is 20.3 Å². The fourth-order valence-corrected chi connectivity index (χ4v) is 3.45. The Morgan fingerprint density at radius 1 is 1.32 bits per heavy atom. The van der Waals surface area contributed by atoms with Gasteiger partial charge in [-0.3, -0.25) is 9.36 Å². The van der Waals surface area contributed by atoms with Gasteiger partial charge >= 0.3 is 5.76 Å². The van der Waals surface area contributed by atoms with E-state index in [1.54, 1.807) is 18.2 Å². The van der Waals surface area contributed by atoms with E-state index < -0.39 is 5.76 Å². The molecular formula is C16H19ClN2O3. The molecule has 6 heteroatoms. The molecular weight excluding hydrogens is 304 g/mol. The van der Waals surface area contributed by atoms with Crippen LogP contribution in [0.15, 0.2) is 27.4 Å². The molecule has 2 aromatic rings. The standard InChI is InChI=1S/C16H19ClN2O3/c1-10-5-11(2)8-18(7-10)15(20)9-19-13-4-3-12(17)6-14(13)22-16(19)21/h3-4,6,10-11H,5,7-9H2,1-2H3/t10-,11+. The molecule has 0 saturated carbocycles. The maximum atomic E-state index is 12.5. The summed E-state index contributed by atoms with van der Waals surface area (Å²) in [4.78, 5) is 26.3. The van der Waals surface area contributed by atoms with Crippen LogP contribution in [-0.2, 0) is 11.3 Å². The number of hydrogen-bond donors (Lipinski definition) is 0. The van der Waals surface area contributed by atoms with E-state index in [0.29, 0.717) is 28.0 Å². The van der Waals surface area contributed by atoms with E-state index in [4.69, 9.17) is 16.0 Å². The Kier molecular flexibility index (Phi) is 4.00. The number of nitrogens with zero attached hydrogens (tertiary/aromatic N) is 2. The summed E-state index contributed by atoms with van der Waals surface area (Å²) < 4.78 is 6.54. The third-order valence-electron chi connectivity index (χ3n) is 4.15. The van der Waals surface area contributed by atoms with E-state index >= 15 is 0 Å². The second kappa shape index (κ2) is 5.80. The summed E-state index contributed by atoms with van der Waals surface area (Å²) in [5, 5.41) is 0.499. The summed E-state index contributed by atoms with van der Waals surface area (Å²) in [6, 6.07) is 4.98. The molecule has 1 aliphatic rings. The summed E-state index contributed by atoms with van der Waals surface area (Å²) in [6.07, 6.45) is 1.14. The molecule has 1 aliphatic heterocycles. The van der Waals surface area contributed by atoms with Gasteiger partial charge in [-0.2, -0.15) is 0 Å². The molecule has 1 aromatic heterocycles. The molecule has 22 heavy (non-hydrogen) atoms. The Balaban J connectivity index is 1.85. The van der Waals surface area contributed by atoms with Crippen LogP contribution < -0.4 is 5.76 Å². The van der Waals surface area contributed by atoms with Gasteiger partial charge in [-0.25, -0.2) is 4.79 Å². The number of likely N-dealkylation sites (tertiary alicyclic amines) is 1. The Bertz CT molecular complexity index is 754. The number of halogens is 1. The Morgan fingerprint density at radius 3 is 2.68 bits per heavy atom. The van der Waals surface area contributed by atoms with Gasteiger partial charge in [0.1, 0.15) is 6.54 Å². The number of carbonyl (C=O) groups excluding carboxylic acids is 1. The molecule has 2 heterocycles. The Hall–Kier alpha value is -1.75. The molecule has 0 radical (unpaired) electrons. The number of hydrogen-bond acceptors (Lipinski definition) is 3. The highest BCUT2D eigenvalue weighted by Crippen LogP contribution is 2.22. The van der Waals surface area contributed by atoms with Crippen LogP contribution in [0.4, 0.5) is 0 Å². The Labute approximate surface area is 133 Å². The van der Waals surface area contributed by atoms with Crippen LogP contribution in [0, 0.1) is 11.8 Å². The normalized spacial score (nSPS) is 22.2. The van der Waals surface area contributed by atoms with Crippen LogP contribution in [-0.4, -0.2) is 28.5 Å². The molecule has 0 N–H and O–H groups in total. The lowest BCUT2D eigenvalue weighted by molar-refractivity contribution is -0.134. The predicted molar refractivity (Wildman–Crippen MR) is 85.0 cm³/mol. The largest absolute Gasteiger partial charge is 0.420 e. The minimum absolute atomic E-state index is 0.00685. The maximum Gasteiger partial charge on any atom is 0.420 e. The number of rotatable bonds is 2. The van der Waals surface area contributed by atoms with Crippen molar-refractivity contribution in [3.8, 4) is 0 Å². The third-order valence-corrected chi connectivity index (χ3v) is 4.38. The maximum absolute atomic E-state index is 12.5. The lowest BCUT2D eigenvalue weighted by atomic mass is 9.92. The van der Waals surface area contributed by atoms with Gasteiger partial charge in [-0.15, -0.1) is 0 Å². The van der Waals surface area contributed by atoms with Gasteiger partial charge in [0, 0.05) is 24.2 Å². The average molecular weight is 323 g/mol. The zero-order chi connectivity index (χ0) is 15.9. The number of amides is 1. The highest BCUT2D eigenvalue weighted by Gasteiger charge is 2.26. The summed E-state index contributed by atoms with van der Waals surface area (Å²) >= 11 is 5.89.